The fourth-order valence-corrected chi connectivity index (χ4v) is 2.04. The van der Waals surface area contributed by atoms with E-state index < -0.39 is 0 Å². The molecule has 5 heteroatoms. The summed E-state index contributed by atoms with van der Waals surface area (Å²) in [5, 5.41) is 9.80. The minimum absolute atomic E-state index is 0. The van der Waals surface area contributed by atoms with Gasteiger partial charge in [0.1, 0.15) is 5.75 Å². The van der Waals surface area contributed by atoms with Gasteiger partial charge in [0.05, 0.1) is 5.69 Å². The third-order valence-corrected chi connectivity index (χ3v) is 2.83. The van der Waals surface area contributed by atoms with Crippen LogP contribution in [-0.2, 0) is 0 Å². The number of hydrogen-bond donors (Lipinski definition) is 3. The second kappa shape index (κ2) is 6.13. The summed E-state index contributed by atoms with van der Waals surface area (Å²) < 4.78 is 0.767. The maximum atomic E-state index is 9.80. The quantitative estimate of drug-likeness (QED) is 0.456. The predicted octanol–water partition coefficient (Wildman–Crippen LogP) is 3.12. The molecule has 5 N–H and O–H groups in total. The minimum atomic E-state index is -0.291. The molecular weight excluding hydrogens is 291 g/mol. The Labute approximate surface area is 110 Å². The van der Waals surface area contributed by atoms with Crippen LogP contribution in [-0.4, -0.2) is 5.11 Å². The second-order valence-corrected chi connectivity index (χ2v) is 4.52. The molecule has 0 bridgehead atoms. The zero-order valence-corrected chi connectivity index (χ0v) is 11.4. The van der Waals surface area contributed by atoms with E-state index in [1.807, 2.05) is 6.92 Å². The summed E-state index contributed by atoms with van der Waals surface area (Å²) in [5.41, 5.74) is 13.5. The summed E-state index contributed by atoms with van der Waals surface area (Å²) in [6.07, 6.45) is 0.621. The molecule has 1 aromatic rings. The molecule has 0 saturated heterocycles. The first kappa shape index (κ1) is 15.3. The zero-order valence-electron chi connectivity index (χ0n) is 9.03. The highest BCUT2D eigenvalue weighted by molar-refractivity contribution is 9.10. The Morgan fingerprint density at radius 1 is 1.56 bits per heavy atom. The van der Waals surface area contributed by atoms with Crippen LogP contribution in [0.5, 0.6) is 5.75 Å². The van der Waals surface area contributed by atoms with E-state index in [2.05, 4.69) is 22.5 Å². The number of phenols is 1. The van der Waals surface area contributed by atoms with E-state index in [4.69, 9.17) is 11.5 Å². The molecule has 0 saturated carbocycles. The molecule has 1 rings (SSSR count). The SMILES string of the molecule is C=C(C)C[C@@H](N)c1c(Br)ccc(N)c1O.Cl. The van der Waals surface area contributed by atoms with Gasteiger partial charge in [0, 0.05) is 16.1 Å². The van der Waals surface area contributed by atoms with Gasteiger partial charge in [-0.3, -0.25) is 0 Å². The number of phenolic OH excluding ortho intramolecular Hbond substituents is 1. The van der Waals surface area contributed by atoms with E-state index in [9.17, 15) is 5.11 Å². The van der Waals surface area contributed by atoms with Crippen molar-refractivity contribution in [3.05, 3.63) is 34.3 Å². The van der Waals surface area contributed by atoms with E-state index in [0.29, 0.717) is 17.7 Å². The number of nitrogen functional groups attached to an aromatic ring is 1. The van der Waals surface area contributed by atoms with Crippen molar-refractivity contribution in [2.75, 3.05) is 5.73 Å². The van der Waals surface area contributed by atoms with Crippen LogP contribution in [0, 0.1) is 0 Å². The number of anilines is 1. The van der Waals surface area contributed by atoms with Gasteiger partial charge in [-0.25, -0.2) is 0 Å². The lowest BCUT2D eigenvalue weighted by Crippen LogP contribution is -2.12. The lowest BCUT2D eigenvalue weighted by molar-refractivity contribution is 0.463. The molecule has 0 aromatic heterocycles. The molecule has 0 heterocycles. The smallest absolute Gasteiger partial charge is 0.144 e. The van der Waals surface area contributed by atoms with E-state index in [0.717, 1.165) is 10.0 Å². The fraction of sp³-hybridized carbons (Fsp3) is 0.273. The van der Waals surface area contributed by atoms with Crippen LogP contribution in [0.4, 0.5) is 5.69 Å². The first-order valence-electron chi connectivity index (χ1n) is 4.60. The average molecular weight is 308 g/mol. The highest BCUT2D eigenvalue weighted by atomic mass is 79.9. The monoisotopic (exact) mass is 306 g/mol. The molecule has 0 amide bonds. The normalized spacial score (nSPS) is 11.7. The van der Waals surface area contributed by atoms with Gasteiger partial charge in [-0.1, -0.05) is 21.5 Å². The van der Waals surface area contributed by atoms with Gasteiger partial charge in [-0.15, -0.1) is 19.0 Å². The standard InChI is InChI=1S/C11H15BrN2O.ClH/c1-6(2)5-9(14)10-7(12)3-4-8(13)11(10)15;/h3-4,9,15H,1,5,13-14H2,2H3;1H/t9-;/m1./s1. The molecule has 0 aliphatic heterocycles. The lowest BCUT2D eigenvalue weighted by Gasteiger charge is -2.16. The molecule has 0 fully saturated rings. The Morgan fingerprint density at radius 3 is 2.62 bits per heavy atom. The third kappa shape index (κ3) is 3.40. The first-order chi connectivity index (χ1) is 6.93. The van der Waals surface area contributed by atoms with Crippen LogP contribution in [0.1, 0.15) is 24.9 Å². The van der Waals surface area contributed by atoms with Gasteiger partial charge in [-0.2, -0.15) is 0 Å². The number of nitrogens with two attached hydrogens (primary N) is 2. The summed E-state index contributed by atoms with van der Waals surface area (Å²) in [4.78, 5) is 0. The summed E-state index contributed by atoms with van der Waals surface area (Å²) in [6, 6.07) is 3.12. The minimum Gasteiger partial charge on any atom is -0.505 e. The molecule has 1 aromatic carbocycles. The van der Waals surface area contributed by atoms with Crippen molar-refractivity contribution in [2.24, 2.45) is 5.73 Å². The number of rotatable bonds is 3. The van der Waals surface area contributed by atoms with E-state index >= 15 is 0 Å². The van der Waals surface area contributed by atoms with E-state index in [1.165, 1.54) is 0 Å². The maximum absolute atomic E-state index is 9.80. The van der Waals surface area contributed by atoms with Crippen LogP contribution < -0.4 is 11.5 Å². The predicted molar refractivity (Wildman–Crippen MR) is 73.8 cm³/mol. The molecule has 16 heavy (non-hydrogen) atoms. The number of hydrogen-bond acceptors (Lipinski definition) is 3. The van der Waals surface area contributed by atoms with Gasteiger partial charge in [0.15, 0.2) is 0 Å². The Morgan fingerprint density at radius 2 is 2.12 bits per heavy atom. The molecule has 1 atom stereocenters. The highest BCUT2D eigenvalue weighted by Gasteiger charge is 2.16. The summed E-state index contributed by atoms with van der Waals surface area (Å²) in [5.74, 6) is 0.0538. The van der Waals surface area contributed by atoms with E-state index in [-0.39, 0.29) is 24.2 Å². The van der Waals surface area contributed by atoms with Crippen LogP contribution in [0.25, 0.3) is 0 Å². The molecule has 3 nitrogen and oxygen atoms in total. The number of benzene rings is 1. The highest BCUT2D eigenvalue weighted by Crippen LogP contribution is 2.37. The van der Waals surface area contributed by atoms with Gasteiger partial charge in [-0.05, 0) is 25.5 Å². The molecule has 0 unspecified atom stereocenters. The molecule has 0 radical (unpaired) electrons. The van der Waals surface area contributed by atoms with Crippen molar-refractivity contribution < 1.29 is 5.11 Å². The van der Waals surface area contributed by atoms with E-state index in [1.54, 1.807) is 12.1 Å². The number of halogens is 2. The van der Waals surface area contributed by atoms with Gasteiger partial charge in [0.25, 0.3) is 0 Å². The average Bonchev–Trinajstić information content (AvgIpc) is 2.11. The Bertz CT molecular complexity index is 396. The first-order valence-corrected chi connectivity index (χ1v) is 5.39. The Kier molecular flexibility index (Phi) is 5.86. The molecule has 0 aliphatic carbocycles. The summed E-state index contributed by atoms with van der Waals surface area (Å²) in [6.45, 7) is 5.69. The zero-order chi connectivity index (χ0) is 11.6. The molecular formula is C11H16BrClN2O. The summed E-state index contributed by atoms with van der Waals surface area (Å²) in [7, 11) is 0. The van der Waals surface area contributed by atoms with Crippen LogP contribution in [0.2, 0.25) is 0 Å². The van der Waals surface area contributed by atoms with Gasteiger partial charge >= 0.3 is 0 Å². The van der Waals surface area contributed by atoms with Gasteiger partial charge in [0.2, 0.25) is 0 Å². The molecule has 0 spiro atoms. The van der Waals surface area contributed by atoms with Crippen molar-refractivity contribution in [2.45, 2.75) is 19.4 Å². The molecule has 0 aliphatic rings. The van der Waals surface area contributed by atoms with Crippen LogP contribution in [0.3, 0.4) is 0 Å². The molecule has 90 valence electrons. The van der Waals surface area contributed by atoms with Gasteiger partial charge < -0.3 is 16.6 Å². The van der Waals surface area contributed by atoms with Crippen molar-refractivity contribution in [1.82, 2.24) is 0 Å². The van der Waals surface area contributed by atoms with Crippen molar-refractivity contribution in [3.63, 3.8) is 0 Å². The summed E-state index contributed by atoms with van der Waals surface area (Å²) >= 11 is 3.35. The second-order valence-electron chi connectivity index (χ2n) is 3.67. The Hall–Kier alpha value is -0.710. The topological polar surface area (TPSA) is 72.3 Å². The largest absolute Gasteiger partial charge is 0.505 e. The van der Waals surface area contributed by atoms with Crippen molar-refractivity contribution in [1.29, 1.82) is 0 Å². The maximum Gasteiger partial charge on any atom is 0.144 e. The Balaban J connectivity index is 0.00000225. The van der Waals surface area contributed by atoms with Crippen molar-refractivity contribution >= 4 is 34.0 Å². The fourth-order valence-electron chi connectivity index (χ4n) is 1.43. The third-order valence-electron chi connectivity index (χ3n) is 2.13. The van der Waals surface area contributed by atoms with Crippen LogP contribution in [0.15, 0.2) is 28.8 Å². The van der Waals surface area contributed by atoms with Crippen molar-refractivity contribution in [3.8, 4) is 5.75 Å². The van der Waals surface area contributed by atoms with Crippen LogP contribution >= 0.6 is 28.3 Å². The number of aromatic hydroxyl groups is 1. The lowest BCUT2D eigenvalue weighted by atomic mass is 10.00.